The van der Waals surface area contributed by atoms with Gasteiger partial charge in [0.1, 0.15) is 18.8 Å². The van der Waals surface area contributed by atoms with Crippen molar-refractivity contribution in [3.8, 4) is 6.07 Å². The van der Waals surface area contributed by atoms with Gasteiger partial charge in [0.05, 0.1) is 40.6 Å². The van der Waals surface area contributed by atoms with Crippen LogP contribution in [0, 0.1) is 18.3 Å². The van der Waals surface area contributed by atoms with E-state index in [1.807, 2.05) is 25.5 Å². The fourth-order valence-corrected chi connectivity index (χ4v) is 6.38. The first kappa shape index (κ1) is 17.4. The lowest BCUT2D eigenvalue weighted by Crippen LogP contribution is -2.37. The van der Waals surface area contributed by atoms with Crippen LogP contribution in [0.2, 0.25) is 19.6 Å². The van der Waals surface area contributed by atoms with Crippen LogP contribution in [-0.4, -0.2) is 17.5 Å². The molecule has 0 atom stereocenters. The fourth-order valence-electron chi connectivity index (χ4n) is 5.03. The molecule has 0 spiro atoms. The molecule has 0 unspecified atom stereocenters. The molecule has 0 aliphatic carbocycles. The number of aryl methyl sites for hydroxylation is 2. The van der Waals surface area contributed by atoms with Crippen molar-refractivity contribution in [1.82, 2.24) is 9.38 Å². The molecule has 0 N–H and O–H groups in total. The van der Waals surface area contributed by atoms with Gasteiger partial charge in [-0.25, -0.2) is 4.57 Å². The first-order chi connectivity index (χ1) is 14.3. The maximum Gasteiger partial charge on any atom is 0.346 e. The van der Waals surface area contributed by atoms with Gasteiger partial charge in [-0.2, -0.15) is 5.26 Å². The molecule has 0 fully saturated rings. The molecule has 6 aromatic rings. The van der Waals surface area contributed by atoms with Crippen LogP contribution in [0.5, 0.6) is 0 Å². The Kier molecular flexibility index (Phi) is 3.12. The quantitative estimate of drug-likeness (QED) is 0.228. The summed E-state index contributed by atoms with van der Waals surface area (Å²) >= 11 is 0. The number of para-hydroxylation sites is 1. The second-order valence-corrected chi connectivity index (χ2v) is 14.2. The van der Waals surface area contributed by atoms with Gasteiger partial charge in [0.15, 0.2) is 5.52 Å². The zero-order chi connectivity index (χ0) is 20.9. The highest BCUT2D eigenvalue weighted by atomic mass is 28.3. The van der Waals surface area contributed by atoms with Crippen LogP contribution in [0.25, 0.3) is 49.3 Å². The van der Waals surface area contributed by atoms with Gasteiger partial charge in [0, 0.05) is 10.8 Å². The van der Waals surface area contributed by atoms with Crippen molar-refractivity contribution in [2.45, 2.75) is 26.6 Å². The summed E-state index contributed by atoms with van der Waals surface area (Å²) in [4.78, 5) is 4.64. The van der Waals surface area contributed by atoms with Crippen molar-refractivity contribution in [1.29, 1.82) is 5.26 Å². The average Bonchev–Trinajstić information content (AvgIpc) is 3.25. The van der Waals surface area contributed by atoms with E-state index in [1.165, 1.54) is 0 Å². The Morgan fingerprint density at radius 1 is 1.10 bits per heavy atom. The first-order valence-electron chi connectivity index (χ1n) is 10.1. The second kappa shape index (κ2) is 5.38. The van der Waals surface area contributed by atoms with Gasteiger partial charge in [0.25, 0.3) is 6.33 Å². The van der Waals surface area contributed by atoms with E-state index in [0.29, 0.717) is 5.71 Å². The van der Waals surface area contributed by atoms with Gasteiger partial charge in [0.2, 0.25) is 0 Å². The van der Waals surface area contributed by atoms with E-state index in [0.717, 1.165) is 60.1 Å². The molecule has 0 radical (unpaired) electrons. The van der Waals surface area contributed by atoms with Crippen molar-refractivity contribution in [3.63, 3.8) is 0 Å². The molecule has 5 nitrogen and oxygen atoms in total. The van der Waals surface area contributed by atoms with Crippen LogP contribution < -0.4 is 9.95 Å². The summed E-state index contributed by atoms with van der Waals surface area (Å²) in [5.41, 5.74) is 6.93. The van der Waals surface area contributed by atoms with Crippen LogP contribution >= 0.6 is 0 Å². The van der Waals surface area contributed by atoms with Crippen LogP contribution in [0.15, 0.2) is 41.1 Å². The Morgan fingerprint density at radius 2 is 1.87 bits per heavy atom. The van der Waals surface area contributed by atoms with Crippen molar-refractivity contribution < 1.29 is 8.98 Å². The normalized spacial score (nSPS) is 12.8. The van der Waals surface area contributed by atoms with Crippen molar-refractivity contribution in [3.05, 3.63) is 47.8 Å². The minimum Gasteiger partial charge on any atom is -0.427 e. The number of rotatable bonds is 1. The number of fused-ring (bicyclic) bond motifs is 5. The maximum atomic E-state index is 9.97. The van der Waals surface area contributed by atoms with E-state index in [2.05, 4.69) is 64.8 Å². The third kappa shape index (κ3) is 1.91. The molecule has 0 aliphatic heterocycles. The summed E-state index contributed by atoms with van der Waals surface area (Å²) in [5.74, 6) is 0. The lowest BCUT2D eigenvalue weighted by molar-refractivity contribution is -0.647. The number of nitrogens with zero attached hydrogens (tertiary/aromatic N) is 4. The van der Waals surface area contributed by atoms with E-state index < -0.39 is 8.07 Å². The van der Waals surface area contributed by atoms with Crippen LogP contribution in [0.3, 0.4) is 0 Å². The summed E-state index contributed by atoms with van der Waals surface area (Å²) in [6.07, 6.45) is 1.83. The SMILES string of the molecule is Cc1cc(C#N)c2c3ccccc3n3c4c([Si](C)(C)C)oc5nc[n+](C)c(c1c23)c54. The third-order valence-electron chi connectivity index (χ3n) is 6.20. The molecule has 0 bridgehead atoms. The Labute approximate surface area is 174 Å². The Hall–Kier alpha value is -3.43. The highest BCUT2D eigenvalue weighted by Gasteiger charge is 2.34. The van der Waals surface area contributed by atoms with Crippen LogP contribution in [-0.2, 0) is 7.05 Å². The summed E-state index contributed by atoms with van der Waals surface area (Å²) in [6.45, 7) is 9.00. The highest BCUT2D eigenvalue weighted by molar-refractivity contribution is 6.89. The molecular formula is C24H21N4OSi+. The molecule has 30 heavy (non-hydrogen) atoms. The zero-order valence-electron chi connectivity index (χ0n) is 17.7. The predicted molar refractivity (Wildman–Crippen MR) is 122 cm³/mol. The van der Waals surface area contributed by atoms with Gasteiger partial charge in [-0.05, 0) is 29.6 Å². The van der Waals surface area contributed by atoms with Gasteiger partial charge in [-0.1, -0.05) is 37.8 Å². The molecule has 0 aliphatic rings. The molecule has 4 aromatic heterocycles. The monoisotopic (exact) mass is 409 g/mol. The van der Waals surface area contributed by atoms with Gasteiger partial charge in [-0.15, -0.1) is 0 Å². The largest absolute Gasteiger partial charge is 0.427 e. The lowest BCUT2D eigenvalue weighted by Gasteiger charge is -2.15. The van der Waals surface area contributed by atoms with E-state index in [9.17, 15) is 5.26 Å². The van der Waals surface area contributed by atoms with Crippen LogP contribution in [0.1, 0.15) is 11.1 Å². The number of hydrogen-bond acceptors (Lipinski definition) is 3. The molecule has 6 rings (SSSR count). The molecule has 2 aromatic carbocycles. The Bertz CT molecular complexity index is 1710. The molecule has 146 valence electrons. The number of nitriles is 1. The zero-order valence-corrected chi connectivity index (χ0v) is 18.7. The molecule has 0 saturated heterocycles. The lowest BCUT2D eigenvalue weighted by atomic mass is 9.99. The standard InChI is InChI=1S/C24H21N4OSi/c1-13-10-14(11-25)18-15-8-6-7-9-16(15)28-21(18)17(13)20-19-22(28)24(30(3,4)5)29-23(19)26-12-27(20)2/h6-10,12H,1-5H3/q+1. The van der Waals surface area contributed by atoms with Crippen LogP contribution in [0.4, 0.5) is 0 Å². The number of aromatic nitrogens is 3. The summed E-state index contributed by atoms with van der Waals surface area (Å²) in [6, 6.07) is 12.8. The topological polar surface area (TPSA) is 58.1 Å². The summed E-state index contributed by atoms with van der Waals surface area (Å²) in [7, 11) is 0.212. The van der Waals surface area contributed by atoms with Gasteiger partial charge in [-0.3, -0.25) is 0 Å². The maximum absolute atomic E-state index is 9.97. The number of benzene rings is 2. The van der Waals surface area contributed by atoms with Crippen molar-refractivity contribution >= 4 is 62.8 Å². The third-order valence-corrected chi connectivity index (χ3v) is 7.90. The Morgan fingerprint density at radius 3 is 2.60 bits per heavy atom. The van der Waals surface area contributed by atoms with E-state index in [1.54, 1.807) is 0 Å². The van der Waals surface area contributed by atoms with E-state index >= 15 is 0 Å². The molecule has 0 saturated carbocycles. The highest BCUT2D eigenvalue weighted by Crippen LogP contribution is 2.42. The van der Waals surface area contributed by atoms with Gasteiger partial charge >= 0.3 is 5.71 Å². The van der Waals surface area contributed by atoms with Gasteiger partial charge < -0.3 is 8.82 Å². The first-order valence-corrected chi connectivity index (χ1v) is 13.6. The minimum atomic E-state index is -1.82. The Balaban J connectivity index is 2.14. The summed E-state index contributed by atoms with van der Waals surface area (Å²) < 4.78 is 10.9. The smallest absolute Gasteiger partial charge is 0.346 e. The minimum absolute atomic E-state index is 0.691. The predicted octanol–water partition coefficient (Wildman–Crippen LogP) is 4.53. The molecular weight excluding hydrogens is 388 g/mol. The summed E-state index contributed by atoms with van der Waals surface area (Å²) in [5, 5.41) is 15.4. The number of hydrogen-bond donors (Lipinski definition) is 0. The second-order valence-electron chi connectivity index (χ2n) is 9.22. The van der Waals surface area contributed by atoms with Crippen molar-refractivity contribution in [2.24, 2.45) is 7.05 Å². The van der Waals surface area contributed by atoms with E-state index in [-0.39, 0.29) is 0 Å². The number of furan rings is 1. The number of pyridine rings is 1. The fraction of sp³-hybridized carbons (Fsp3) is 0.208. The molecule has 6 heteroatoms. The molecule has 0 amide bonds. The average molecular weight is 410 g/mol. The molecule has 4 heterocycles. The van der Waals surface area contributed by atoms with E-state index in [4.69, 9.17) is 4.42 Å². The van der Waals surface area contributed by atoms with Crippen molar-refractivity contribution in [2.75, 3.05) is 0 Å².